The number of aliphatic hydroxyl groups excluding tert-OH is 2. The zero-order valence-corrected chi connectivity index (χ0v) is 35.7. The fraction of sp³-hybridized carbons (Fsp3) is 0.833. The lowest BCUT2D eigenvalue weighted by atomic mass is 9.90. The largest absolute Gasteiger partial charge is 0.756 e. The summed E-state index contributed by atoms with van der Waals surface area (Å²) in [5.74, 6) is -1.74. The summed E-state index contributed by atoms with van der Waals surface area (Å²) in [4.78, 5) is 50.1. The fourth-order valence-electron chi connectivity index (χ4n) is 6.40. The van der Waals surface area contributed by atoms with Crippen LogP contribution in [-0.2, 0) is 37.5 Å². The van der Waals surface area contributed by atoms with Crippen LogP contribution in [-0.4, -0.2) is 98.2 Å². The average molecular weight is 802 g/mol. The van der Waals surface area contributed by atoms with Crippen LogP contribution in [0.15, 0.2) is 24.3 Å². The minimum atomic E-state index is -4.68. The maximum atomic E-state index is 12.7. The van der Waals surface area contributed by atoms with Crippen LogP contribution in [0, 0.1) is 11.8 Å². The van der Waals surface area contributed by atoms with Gasteiger partial charge < -0.3 is 38.1 Å². The number of hydrogen-bond donors (Lipinski definition) is 2. The van der Waals surface area contributed by atoms with Crippen molar-refractivity contribution in [2.45, 2.75) is 167 Å². The first kappa shape index (κ1) is 51.1. The number of carbonyl (C=O) groups is 3. The molecule has 1 saturated carbocycles. The van der Waals surface area contributed by atoms with Gasteiger partial charge in [-0.2, -0.15) is 0 Å². The summed E-state index contributed by atoms with van der Waals surface area (Å²) in [6.07, 6.45) is 22.9. The summed E-state index contributed by atoms with van der Waals surface area (Å²) < 4.78 is 33.7. The number of rotatable bonds is 34. The summed E-state index contributed by atoms with van der Waals surface area (Å²) in [7, 11) is 1.02. The number of Topliss-reactive ketones (excluding diaryl/α,β-unsaturated/α-hetero) is 1. The Balaban J connectivity index is 2.53. The highest BCUT2D eigenvalue weighted by Crippen LogP contribution is 2.38. The Morgan fingerprint density at radius 1 is 0.855 bits per heavy atom. The molecule has 0 bridgehead atoms. The molecule has 55 heavy (non-hydrogen) atoms. The number of quaternary nitrogens is 1. The first-order chi connectivity index (χ1) is 26.2. The third-order valence-corrected chi connectivity index (χ3v) is 10.8. The van der Waals surface area contributed by atoms with Gasteiger partial charge in [0, 0.05) is 31.1 Å². The molecule has 0 spiro atoms. The van der Waals surface area contributed by atoms with E-state index < -0.39 is 44.7 Å². The second-order valence-corrected chi connectivity index (χ2v) is 17.6. The molecule has 13 heteroatoms. The number of phosphoric acid groups is 1. The maximum Gasteiger partial charge on any atom is 0.306 e. The monoisotopic (exact) mass is 802 g/mol. The minimum absolute atomic E-state index is 0.00190. The zero-order valence-electron chi connectivity index (χ0n) is 34.8. The molecule has 1 rings (SSSR count). The van der Waals surface area contributed by atoms with Crippen LogP contribution < -0.4 is 4.89 Å². The summed E-state index contributed by atoms with van der Waals surface area (Å²) >= 11 is 0. The van der Waals surface area contributed by atoms with E-state index in [4.69, 9.17) is 18.5 Å². The molecular weight excluding hydrogens is 725 g/mol. The van der Waals surface area contributed by atoms with Crippen LogP contribution in [0.25, 0.3) is 0 Å². The van der Waals surface area contributed by atoms with Gasteiger partial charge in [0.25, 0.3) is 7.82 Å². The molecule has 2 N–H and O–H groups in total. The highest BCUT2D eigenvalue weighted by atomic mass is 31.2. The number of hydrogen-bond acceptors (Lipinski definition) is 11. The van der Waals surface area contributed by atoms with Crippen LogP contribution in [0.4, 0.5) is 0 Å². The van der Waals surface area contributed by atoms with E-state index in [1.54, 1.807) is 12.2 Å². The van der Waals surface area contributed by atoms with E-state index in [0.717, 1.165) is 38.5 Å². The van der Waals surface area contributed by atoms with Crippen LogP contribution in [0.5, 0.6) is 0 Å². The number of aliphatic hydroxyl groups is 2. The molecule has 6 atom stereocenters. The predicted octanol–water partition coefficient (Wildman–Crippen LogP) is 7.53. The van der Waals surface area contributed by atoms with E-state index in [1.165, 1.54) is 44.9 Å². The lowest BCUT2D eigenvalue weighted by Crippen LogP contribution is -2.37. The van der Waals surface area contributed by atoms with Gasteiger partial charge in [-0.1, -0.05) is 122 Å². The lowest BCUT2D eigenvalue weighted by Gasteiger charge is -2.28. The van der Waals surface area contributed by atoms with Gasteiger partial charge in [-0.25, -0.2) is 0 Å². The van der Waals surface area contributed by atoms with Crippen molar-refractivity contribution in [2.75, 3.05) is 47.5 Å². The Morgan fingerprint density at radius 2 is 1.45 bits per heavy atom. The smallest absolute Gasteiger partial charge is 0.306 e. The molecule has 0 aromatic heterocycles. The number of ketones is 1. The summed E-state index contributed by atoms with van der Waals surface area (Å²) in [5, 5.41) is 20.7. The van der Waals surface area contributed by atoms with Gasteiger partial charge >= 0.3 is 11.9 Å². The van der Waals surface area contributed by atoms with E-state index in [2.05, 4.69) is 13.8 Å². The topological polar surface area (TPSA) is 169 Å². The van der Waals surface area contributed by atoms with E-state index >= 15 is 0 Å². The molecule has 1 fully saturated rings. The molecule has 0 saturated heterocycles. The number of allylic oxidation sites excluding steroid dienone is 2. The van der Waals surface area contributed by atoms with Gasteiger partial charge in [0.05, 0.1) is 40.0 Å². The SMILES string of the molecule is CCCCCCCCCCCCCC(=O)O[C@H](COC(=O)CCC/C=C\C[C@H]1C(=O)C[C@@H](O)[C@@H]1/C=C/[C@@H](O)CCCCC)COP(=O)([O-])OCC[N+](C)(C)C. The second-order valence-electron chi connectivity index (χ2n) is 16.1. The molecular formula is C42H76NO11P. The van der Waals surface area contributed by atoms with E-state index in [-0.39, 0.29) is 50.1 Å². The van der Waals surface area contributed by atoms with Gasteiger partial charge in [-0.15, -0.1) is 0 Å². The standard InChI is InChI=1S/C42H76NO11P/c1-6-8-10-11-12-13-14-15-16-17-23-27-42(48)54-36(34-53-55(49,50)52-31-30-43(3,4)5)33-51-41(47)26-22-19-18-21-25-37-38(40(46)32-39(37)45)29-28-35(44)24-20-9-7-2/h18,21,28-29,35-38,40,44,46H,6-17,19-20,22-27,30-34H2,1-5H3/b21-18-,29-28+/t35-,36+,37+,38+,40+/m0/s1. The number of unbranched alkanes of at least 4 members (excludes halogenated alkanes) is 13. The van der Waals surface area contributed by atoms with E-state index in [1.807, 2.05) is 33.3 Å². The third-order valence-electron chi connectivity index (χ3n) is 9.84. The van der Waals surface area contributed by atoms with Crippen LogP contribution >= 0.6 is 7.82 Å². The predicted molar refractivity (Wildman–Crippen MR) is 214 cm³/mol. The van der Waals surface area contributed by atoms with Crippen LogP contribution in [0.3, 0.4) is 0 Å². The number of likely N-dealkylation sites (N-methyl/N-ethyl adjacent to an activating group) is 1. The molecule has 0 amide bonds. The van der Waals surface area contributed by atoms with Crippen LogP contribution in [0.1, 0.15) is 149 Å². The van der Waals surface area contributed by atoms with Crippen molar-refractivity contribution in [1.82, 2.24) is 0 Å². The van der Waals surface area contributed by atoms with Crippen molar-refractivity contribution in [1.29, 1.82) is 0 Å². The Labute approximate surface area is 332 Å². The van der Waals surface area contributed by atoms with Gasteiger partial charge in [-0.05, 0) is 32.1 Å². The Bertz CT molecular complexity index is 1150. The highest BCUT2D eigenvalue weighted by Gasteiger charge is 2.39. The normalized spacial score (nSPS) is 19.9. The Kier molecular flexibility index (Phi) is 28.1. The Morgan fingerprint density at radius 3 is 2.09 bits per heavy atom. The Hall–Kier alpha value is -1.92. The number of carbonyl (C=O) groups excluding carboxylic acids is 3. The molecule has 0 aromatic carbocycles. The average Bonchev–Trinajstić information content (AvgIpc) is 3.39. The number of esters is 2. The van der Waals surface area contributed by atoms with E-state index in [0.29, 0.717) is 43.1 Å². The molecule has 0 radical (unpaired) electrons. The van der Waals surface area contributed by atoms with Gasteiger partial charge in [0.2, 0.25) is 0 Å². The van der Waals surface area contributed by atoms with Gasteiger partial charge in [0.1, 0.15) is 25.5 Å². The second kappa shape index (κ2) is 30.2. The van der Waals surface area contributed by atoms with Gasteiger partial charge in [0.15, 0.2) is 6.10 Å². The molecule has 0 heterocycles. The van der Waals surface area contributed by atoms with Crippen LogP contribution in [0.2, 0.25) is 0 Å². The highest BCUT2D eigenvalue weighted by molar-refractivity contribution is 7.45. The number of ether oxygens (including phenoxy) is 2. The lowest BCUT2D eigenvalue weighted by molar-refractivity contribution is -0.870. The molecule has 0 aromatic rings. The molecule has 1 aliphatic carbocycles. The summed E-state index contributed by atoms with van der Waals surface area (Å²) in [6.45, 7) is 3.79. The van der Waals surface area contributed by atoms with Crippen molar-refractivity contribution < 1.29 is 57.1 Å². The number of nitrogens with zero attached hydrogens (tertiary/aromatic N) is 1. The maximum absolute atomic E-state index is 12.7. The zero-order chi connectivity index (χ0) is 41.0. The van der Waals surface area contributed by atoms with Crippen molar-refractivity contribution in [2.24, 2.45) is 11.8 Å². The van der Waals surface area contributed by atoms with E-state index in [9.17, 15) is 34.1 Å². The quantitative estimate of drug-likeness (QED) is 0.0217. The minimum Gasteiger partial charge on any atom is -0.756 e. The molecule has 0 aliphatic heterocycles. The first-order valence-electron chi connectivity index (χ1n) is 21.1. The summed E-state index contributed by atoms with van der Waals surface area (Å²) in [6, 6.07) is 0. The third kappa shape index (κ3) is 27.4. The fourth-order valence-corrected chi connectivity index (χ4v) is 7.13. The molecule has 320 valence electrons. The molecule has 1 unspecified atom stereocenters. The van der Waals surface area contributed by atoms with Crippen molar-refractivity contribution in [3.8, 4) is 0 Å². The van der Waals surface area contributed by atoms with Crippen molar-refractivity contribution in [3.63, 3.8) is 0 Å². The molecule has 12 nitrogen and oxygen atoms in total. The van der Waals surface area contributed by atoms with Crippen molar-refractivity contribution in [3.05, 3.63) is 24.3 Å². The van der Waals surface area contributed by atoms with Gasteiger partial charge in [-0.3, -0.25) is 18.9 Å². The molecule has 1 aliphatic rings. The van der Waals surface area contributed by atoms with Crippen molar-refractivity contribution >= 4 is 25.5 Å². The first-order valence-corrected chi connectivity index (χ1v) is 22.6. The summed E-state index contributed by atoms with van der Waals surface area (Å²) in [5.41, 5.74) is 0. The number of phosphoric ester groups is 1.